The van der Waals surface area contributed by atoms with E-state index in [1.807, 2.05) is 41.5 Å². The van der Waals surface area contributed by atoms with Crippen LogP contribution < -0.4 is 16.0 Å². The summed E-state index contributed by atoms with van der Waals surface area (Å²) in [7, 11) is 0. The van der Waals surface area contributed by atoms with E-state index in [0.29, 0.717) is 0 Å². The van der Waals surface area contributed by atoms with Crippen LogP contribution in [-0.4, -0.2) is 35.8 Å². The summed E-state index contributed by atoms with van der Waals surface area (Å²) < 4.78 is 0. The molecule has 1 aliphatic rings. The molecule has 0 bridgehead atoms. The first-order valence-electron chi connectivity index (χ1n) is 8.98. The van der Waals surface area contributed by atoms with Crippen molar-refractivity contribution < 1.29 is 14.4 Å². The summed E-state index contributed by atoms with van der Waals surface area (Å²) in [4.78, 5) is 37.0. The number of hydrogen-bond donors (Lipinski definition) is 3. The first-order valence-corrected chi connectivity index (χ1v) is 8.98. The van der Waals surface area contributed by atoms with Gasteiger partial charge in [-0.3, -0.25) is 14.4 Å². The zero-order chi connectivity index (χ0) is 18.4. The molecule has 3 unspecified atom stereocenters. The molecule has 6 nitrogen and oxygen atoms in total. The summed E-state index contributed by atoms with van der Waals surface area (Å²) in [5.41, 5.74) is 0. The van der Waals surface area contributed by atoms with E-state index < -0.39 is 0 Å². The van der Waals surface area contributed by atoms with E-state index in [9.17, 15) is 14.4 Å². The number of nitrogens with one attached hydrogen (secondary N) is 3. The highest BCUT2D eigenvalue weighted by atomic mass is 16.2. The van der Waals surface area contributed by atoms with Crippen molar-refractivity contribution in [3.05, 3.63) is 0 Å². The van der Waals surface area contributed by atoms with Crippen molar-refractivity contribution >= 4 is 17.7 Å². The van der Waals surface area contributed by atoms with Crippen LogP contribution in [0.15, 0.2) is 0 Å². The van der Waals surface area contributed by atoms with Crippen LogP contribution >= 0.6 is 0 Å². The molecule has 0 radical (unpaired) electrons. The van der Waals surface area contributed by atoms with Crippen molar-refractivity contribution in [2.75, 3.05) is 0 Å². The van der Waals surface area contributed by atoms with Crippen LogP contribution in [0.2, 0.25) is 0 Å². The predicted octanol–water partition coefficient (Wildman–Crippen LogP) is 1.59. The average molecular weight is 339 g/mol. The first-order chi connectivity index (χ1) is 11.1. The third-order valence-corrected chi connectivity index (χ3v) is 4.67. The highest BCUT2D eigenvalue weighted by molar-refractivity contribution is 5.83. The van der Waals surface area contributed by atoms with E-state index in [1.54, 1.807) is 0 Å². The van der Waals surface area contributed by atoms with E-state index in [-0.39, 0.29) is 72.9 Å². The molecule has 0 aromatic rings. The Morgan fingerprint density at radius 3 is 0.958 bits per heavy atom. The molecule has 1 heterocycles. The Morgan fingerprint density at radius 1 is 0.583 bits per heavy atom. The van der Waals surface area contributed by atoms with Crippen molar-refractivity contribution in [1.29, 1.82) is 0 Å². The molecule has 0 aliphatic carbocycles. The quantitative estimate of drug-likeness (QED) is 0.730. The molecule has 6 heteroatoms. The van der Waals surface area contributed by atoms with Gasteiger partial charge in [0, 0.05) is 37.4 Å². The molecule has 138 valence electrons. The molecular formula is C18H33N3O3. The summed E-state index contributed by atoms with van der Waals surface area (Å²) in [5.74, 6) is 0.108. The van der Waals surface area contributed by atoms with Gasteiger partial charge in [-0.2, -0.15) is 0 Å². The minimum atomic E-state index is -0.201. The van der Waals surface area contributed by atoms with Gasteiger partial charge in [-0.1, -0.05) is 41.5 Å². The fourth-order valence-electron chi connectivity index (χ4n) is 2.76. The van der Waals surface area contributed by atoms with Crippen molar-refractivity contribution in [2.45, 2.75) is 78.9 Å². The van der Waals surface area contributed by atoms with E-state index in [0.717, 1.165) is 0 Å². The van der Waals surface area contributed by atoms with Crippen LogP contribution in [0.1, 0.15) is 60.8 Å². The van der Waals surface area contributed by atoms with Crippen LogP contribution in [0.3, 0.4) is 0 Å². The topological polar surface area (TPSA) is 87.3 Å². The van der Waals surface area contributed by atoms with E-state index in [2.05, 4.69) is 16.0 Å². The second-order valence-corrected chi connectivity index (χ2v) is 7.87. The number of carbonyl (C=O) groups is 3. The molecule has 24 heavy (non-hydrogen) atoms. The van der Waals surface area contributed by atoms with Gasteiger partial charge in [-0.15, -0.1) is 0 Å². The van der Waals surface area contributed by atoms with Gasteiger partial charge in [0.15, 0.2) is 0 Å². The monoisotopic (exact) mass is 339 g/mol. The van der Waals surface area contributed by atoms with Crippen LogP contribution in [0, 0.1) is 17.8 Å². The Labute approximate surface area is 145 Å². The maximum absolute atomic E-state index is 12.3. The second kappa shape index (κ2) is 9.04. The molecule has 1 rings (SSSR count). The highest BCUT2D eigenvalue weighted by Crippen LogP contribution is 2.14. The summed E-state index contributed by atoms with van der Waals surface area (Å²) in [6, 6.07) is -0.602. The Kier molecular flexibility index (Phi) is 7.70. The molecule has 1 aliphatic heterocycles. The Bertz CT molecular complexity index is 370. The van der Waals surface area contributed by atoms with Gasteiger partial charge in [0.05, 0.1) is 0 Å². The van der Waals surface area contributed by atoms with Crippen LogP contribution in [-0.2, 0) is 14.4 Å². The van der Waals surface area contributed by atoms with Gasteiger partial charge >= 0.3 is 0 Å². The molecule has 1 fully saturated rings. The number of hydrogen-bond acceptors (Lipinski definition) is 3. The molecule has 3 amide bonds. The largest absolute Gasteiger partial charge is 0.353 e. The number of rotatable bonds is 3. The predicted molar refractivity (Wildman–Crippen MR) is 94.2 cm³/mol. The Hall–Kier alpha value is -1.59. The lowest BCUT2D eigenvalue weighted by atomic mass is 9.95. The Balaban J connectivity index is 3.01. The van der Waals surface area contributed by atoms with Crippen molar-refractivity contribution in [3.63, 3.8) is 0 Å². The molecule has 0 spiro atoms. The molecule has 0 aromatic heterocycles. The van der Waals surface area contributed by atoms with Crippen molar-refractivity contribution in [1.82, 2.24) is 16.0 Å². The van der Waals surface area contributed by atoms with Gasteiger partial charge in [0.25, 0.3) is 0 Å². The van der Waals surface area contributed by atoms with Gasteiger partial charge in [-0.25, -0.2) is 0 Å². The average Bonchev–Trinajstić information content (AvgIpc) is 2.43. The van der Waals surface area contributed by atoms with Crippen LogP contribution in [0.25, 0.3) is 0 Å². The summed E-state index contributed by atoms with van der Waals surface area (Å²) in [6.45, 7) is 12.0. The summed E-state index contributed by atoms with van der Waals surface area (Å²) >= 11 is 0. The lowest BCUT2D eigenvalue weighted by Gasteiger charge is -2.29. The minimum Gasteiger partial charge on any atom is -0.353 e. The molecule has 1 saturated heterocycles. The van der Waals surface area contributed by atoms with Gasteiger partial charge in [0.2, 0.25) is 17.7 Å². The third kappa shape index (κ3) is 6.49. The van der Waals surface area contributed by atoms with Crippen LogP contribution in [0.4, 0.5) is 0 Å². The Morgan fingerprint density at radius 2 is 0.792 bits per heavy atom. The van der Waals surface area contributed by atoms with Gasteiger partial charge < -0.3 is 16.0 Å². The fourth-order valence-corrected chi connectivity index (χ4v) is 2.76. The van der Waals surface area contributed by atoms with E-state index in [4.69, 9.17) is 0 Å². The lowest BCUT2D eigenvalue weighted by molar-refractivity contribution is -0.127. The molecule has 3 N–H and O–H groups in total. The van der Waals surface area contributed by atoms with Gasteiger partial charge in [0.1, 0.15) is 0 Å². The summed E-state index contributed by atoms with van der Waals surface area (Å²) in [5, 5.41) is 8.87. The smallest absolute Gasteiger partial charge is 0.222 e. The highest BCUT2D eigenvalue weighted by Gasteiger charge is 2.28. The second-order valence-electron chi connectivity index (χ2n) is 7.87. The minimum absolute atomic E-state index is 0.124. The van der Waals surface area contributed by atoms with Gasteiger partial charge in [-0.05, 0) is 17.8 Å². The zero-order valence-corrected chi connectivity index (χ0v) is 15.8. The standard InChI is InChI=1S/C18H33N3O3/c1-10(2)13-7-16(22)20-15(12(5)6)9-18(24)21-14(11(3)4)8-17(23)19-13/h10-15H,7-9H2,1-6H3,(H,19,23)(H,20,22)(H,21,24). The van der Waals surface area contributed by atoms with Crippen molar-refractivity contribution in [3.8, 4) is 0 Å². The molecule has 0 aromatic carbocycles. The lowest BCUT2D eigenvalue weighted by Crippen LogP contribution is -2.51. The maximum atomic E-state index is 12.3. The molecule has 0 saturated carbocycles. The zero-order valence-electron chi connectivity index (χ0n) is 15.8. The van der Waals surface area contributed by atoms with E-state index in [1.165, 1.54) is 0 Å². The summed E-state index contributed by atoms with van der Waals surface area (Å²) in [6.07, 6.45) is 0.710. The SMILES string of the molecule is CC(C)C1CC(=O)NC(C(C)C)CC(=O)NC(C(C)C)CC(=O)N1. The third-order valence-electron chi connectivity index (χ3n) is 4.67. The van der Waals surface area contributed by atoms with Crippen LogP contribution in [0.5, 0.6) is 0 Å². The number of carbonyl (C=O) groups excluding carboxylic acids is 3. The fraction of sp³-hybridized carbons (Fsp3) is 0.833. The molecular weight excluding hydrogens is 306 g/mol. The number of amides is 3. The van der Waals surface area contributed by atoms with E-state index >= 15 is 0 Å². The van der Waals surface area contributed by atoms with Crippen molar-refractivity contribution in [2.24, 2.45) is 17.8 Å². The molecule has 3 atom stereocenters. The first kappa shape index (κ1) is 20.5. The maximum Gasteiger partial charge on any atom is 0.222 e. The normalized spacial score (nSPS) is 27.4.